The molecule has 5 heteroatoms. The minimum absolute atomic E-state index is 0.0662. The minimum Gasteiger partial charge on any atom is -0.488 e. The number of rotatable bonds is 5. The molecule has 0 radical (unpaired) electrons. The maximum atomic E-state index is 13.8. The van der Waals surface area contributed by atoms with Crippen LogP contribution in [0.15, 0.2) is 28.9 Å². The van der Waals surface area contributed by atoms with Crippen molar-refractivity contribution in [2.75, 3.05) is 6.54 Å². The second kappa shape index (κ2) is 5.84. The van der Waals surface area contributed by atoms with Gasteiger partial charge in [-0.2, -0.15) is 0 Å². The lowest BCUT2D eigenvalue weighted by Gasteiger charge is -2.10. The maximum Gasteiger partial charge on any atom is 0.195 e. The molecule has 0 bridgehead atoms. The summed E-state index contributed by atoms with van der Waals surface area (Å²) in [5, 5.41) is 0. The number of hydrogen-bond acceptors (Lipinski definition) is 4. The van der Waals surface area contributed by atoms with Crippen LogP contribution in [0.3, 0.4) is 0 Å². The van der Waals surface area contributed by atoms with Crippen molar-refractivity contribution in [2.45, 2.75) is 26.4 Å². The molecule has 102 valence electrons. The Hall–Kier alpha value is -1.88. The number of nitrogens with zero attached hydrogens (tertiary/aromatic N) is 1. The normalized spacial score (nSPS) is 11.0. The molecule has 1 aromatic heterocycles. The van der Waals surface area contributed by atoms with E-state index in [9.17, 15) is 4.39 Å². The number of hydrogen-bond donors (Lipinski definition) is 1. The zero-order valence-corrected chi connectivity index (χ0v) is 11.0. The van der Waals surface area contributed by atoms with Crippen LogP contribution in [0.2, 0.25) is 0 Å². The first-order valence-corrected chi connectivity index (χ1v) is 6.21. The van der Waals surface area contributed by atoms with Gasteiger partial charge in [-0.25, -0.2) is 9.37 Å². The first-order valence-electron chi connectivity index (χ1n) is 6.21. The highest BCUT2D eigenvalue weighted by molar-refractivity contribution is 5.59. The molecule has 0 aliphatic rings. The summed E-state index contributed by atoms with van der Waals surface area (Å²) in [6.45, 7) is 4.17. The number of benzene rings is 1. The van der Waals surface area contributed by atoms with Crippen LogP contribution in [0.5, 0.6) is 5.75 Å². The summed E-state index contributed by atoms with van der Waals surface area (Å²) in [5.41, 5.74) is 6.67. The molecule has 0 aliphatic heterocycles. The Morgan fingerprint density at radius 2 is 2.21 bits per heavy atom. The lowest BCUT2D eigenvalue weighted by Crippen LogP contribution is -2.06. The molecule has 1 aromatic carbocycles. The number of aromatic nitrogens is 1. The molecule has 4 nitrogen and oxygen atoms in total. The van der Waals surface area contributed by atoms with Crippen LogP contribution in [0.25, 0.3) is 11.3 Å². The summed E-state index contributed by atoms with van der Waals surface area (Å²) in [6.07, 6.45) is 2.00. The molecule has 0 saturated heterocycles. The number of ether oxygens (including phenoxy) is 1. The third-order valence-electron chi connectivity index (χ3n) is 2.50. The van der Waals surface area contributed by atoms with Crippen LogP contribution in [0.4, 0.5) is 4.39 Å². The molecule has 0 amide bonds. The molecule has 0 saturated carbocycles. The first kappa shape index (κ1) is 13.5. The van der Waals surface area contributed by atoms with Crippen LogP contribution < -0.4 is 10.5 Å². The third-order valence-corrected chi connectivity index (χ3v) is 2.50. The van der Waals surface area contributed by atoms with Gasteiger partial charge in [0.25, 0.3) is 0 Å². The molecule has 2 rings (SSSR count). The van der Waals surface area contributed by atoms with E-state index in [0.29, 0.717) is 30.1 Å². The van der Waals surface area contributed by atoms with Crippen LogP contribution in [0, 0.1) is 5.82 Å². The second-order valence-corrected chi connectivity index (χ2v) is 4.48. The van der Waals surface area contributed by atoms with Crippen LogP contribution >= 0.6 is 0 Å². The second-order valence-electron chi connectivity index (χ2n) is 4.48. The van der Waals surface area contributed by atoms with Crippen molar-refractivity contribution in [3.8, 4) is 17.0 Å². The first-order chi connectivity index (χ1) is 9.10. The van der Waals surface area contributed by atoms with Gasteiger partial charge in [-0.1, -0.05) is 0 Å². The van der Waals surface area contributed by atoms with Gasteiger partial charge in [-0.15, -0.1) is 0 Å². The summed E-state index contributed by atoms with van der Waals surface area (Å²) in [7, 11) is 0. The van der Waals surface area contributed by atoms with E-state index < -0.39 is 5.82 Å². The fraction of sp³-hybridized carbons (Fsp3) is 0.357. The van der Waals surface area contributed by atoms with Crippen LogP contribution in [0.1, 0.15) is 19.7 Å². The van der Waals surface area contributed by atoms with Gasteiger partial charge in [0.2, 0.25) is 0 Å². The average molecular weight is 264 g/mol. The molecule has 0 unspecified atom stereocenters. The standard InChI is InChI=1S/C14H17FN2O2/c1-9(2)19-13-4-3-10(7-11(13)15)12-8-18-14(17-12)5-6-16/h3-4,7-9H,5-6,16H2,1-2H3. The molecule has 0 spiro atoms. The van der Waals surface area contributed by atoms with Crippen molar-refractivity contribution >= 4 is 0 Å². The quantitative estimate of drug-likeness (QED) is 0.902. The highest BCUT2D eigenvalue weighted by atomic mass is 19.1. The van der Waals surface area contributed by atoms with Crippen molar-refractivity contribution in [3.05, 3.63) is 36.2 Å². The van der Waals surface area contributed by atoms with E-state index >= 15 is 0 Å². The minimum atomic E-state index is -0.408. The summed E-state index contributed by atoms with van der Waals surface area (Å²) in [6, 6.07) is 4.74. The van der Waals surface area contributed by atoms with Gasteiger partial charge in [0, 0.05) is 18.5 Å². The summed E-state index contributed by atoms with van der Waals surface area (Å²) < 4.78 is 24.4. The van der Waals surface area contributed by atoms with E-state index in [1.54, 1.807) is 12.1 Å². The van der Waals surface area contributed by atoms with E-state index in [1.165, 1.54) is 12.3 Å². The highest BCUT2D eigenvalue weighted by Gasteiger charge is 2.10. The monoisotopic (exact) mass is 264 g/mol. The summed E-state index contributed by atoms with van der Waals surface area (Å²) >= 11 is 0. The van der Waals surface area contributed by atoms with E-state index in [4.69, 9.17) is 14.9 Å². The Labute approximate surface area is 111 Å². The Balaban J connectivity index is 2.22. The number of nitrogens with two attached hydrogens (primary N) is 1. The van der Waals surface area contributed by atoms with Crippen molar-refractivity contribution < 1.29 is 13.5 Å². The molecule has 2 N–H and O–H groups in total. The van der Waals surface area contributed by atoms with Gasteiger partial charge in [0.05, 0.1) is 6.10 Å². The van der Waals surface area contributed by atoms with Gasteiger partial charge >= 0.3 is 0 Å². The molecule has 2 aromatic rings. The van der Waals surface area contributed by atoms with Gasteiger partial charge in [-0.05, 0) is 32.0 Å². The molecular weight excluding hydrogens is 247 g/mol. The Bertz CT molecular complexity index is 552. The van der Waals surface area contributed by atoms with Crippen molar-refractivity contribution in [3.63, 3.8) is 0 Å². The van der Waals surface area contributed by atoms with E-state index in [-0.39, 0.29) is 11.9 Å². The van der Waals surface area contributed by atoms with Gasteiger partial charge < -0.3 is 14.9 Å². The topological polar surface area (TPSA) is 61.3 Å². The van der Waals surface area contributed by atoms with Gasteiger partial charge in [0.1, 0.15) is 12.0 Å². The SMILES string of the molecule is CC(C)Oc1ccc(-c2coc(CCN)n2)cc1F. The summed E-state index contributed by atoms with van der Waals surface area (Å²) in [4.78, 5) is 4.25. The number of oxazole rings is 1. The predicted molar refractivity (Wildman–Crippen MR) is 70.4 cm³/mol. The van der Waals surface area contributed by atoms with E-state index in [0.717, 1.165) is 0 Å². The lowest BCUT2D eigenvalue weighted by atomic mass is 10.1. The molecule has 0 aliphatic carbocycles. The van der Waals surface area contributed by atoms with E-state index in [2.05, 4.69) is 4.98 Å². The Morgan fingerprint density at radius 3 is 2.84 bits per heavy atom. The zero-order valence-electron chi connectivity index (χ0n) is 11.0. The van der Waals surface area contributed by atoms with Crippen molar-refractivity contribution in [2.24, 2.45) is 5.73 Å². The van der Waals surface area contributed by atoms with Gasteiger partial charge in [0.15, 0.2) is 17.5 Å². The fourth-order valence-corrected chi connectivity index (χ4v) is 1.69. The molecule has 0 fully saturated rings. The third kappa shape index (κ3) is 3.32. The predicted octanol–water partition coefficient (Wildman–Crippen LogP) is 2.77. The van der Waals surface area contributed by atoms with Gasteiger partial charge in [-0.3, -0.25) is 0 Å². The molecule has 1 heterocycles. The highest BCUT2D eigenvalue weighted by Crippen LogP contribution is 2.25. The molecule has 19 heavy (non-hydrogen) atoms. The van der Waals surface area contributed by atoms with Crippen LogP contribution in [-0.4, -0.2) is 17.6 Å². The van der Waals surface area contributed by atoms with Crippen LogP contribution in [-0.2, 0) is 6.42 Å². The van der Waals surface area contributed by atoms with E-state index in [1.807, 2.05) is 13.8 Å². The summed E-state index contributed by atoms with van der Waals surface area (Å²) in [5.74, 6) is 0.388. The fourth-order valence-electron chi connectivity index (χ4n) is 1.69. The molecular formula is C14H17FN2O2. The Morgan fingerprint density at radius 1 is 1.42 bits per heavy atom. The smallest absolute Gasteiger partial charge is 0.195 e. The Kier molecular flexibility index (Phi) is 4.16. The van der Waals surface area contributed by atoms with Crippen molar-refractivity contribution in [1.29, 1.82) is 0 Å². The largest absolute Gasteiger partial charge is 0.488 e. The number of halogens is 1. The lowest BCUT2D eigenvalue weighted by molar-refractivity contribution is 0.231. The zero-order chi connectivity index (χ0) is 13.8. The molecule has 0 atom stereocenters. The average Bonchev–Trinajstić information content (AvgIpc) is 2.80. The maximum absolute atomic E-state index is 13.8. The van der Waals surface area contributed by atoms with Crippen molar-refractivity contribution in [1.82, 2.24) is 4.98 Å².